The zero-order chi connectivity index (χ0) is 15.1. The molecule has 0 fully saturated rings. The second kappa shape index (κ2) is 8.54. The Labute approximate surface area is 118 Å². The Morgan fingerprint density at radius 1 is 1.37 bits per heavy atom. The zero-order valence-electron chi connectivity index (χ0n) is 13.7. The summed E-state index contributed by atoms with van der Waals surface area (Å²) < 4.78 is 4.90. The summed E-state index contributed by atoms with van der Waals surface area (Å²) in [6.45, 7) is 12.4. The monoisotopic (exact) mass is 272 g/mol. The number of esters is 1. The summed E-state index contributed by atoms with van der Waals surface area (Å²) >= 11 is 0. The fourth-order valence-corrected chi connectivity index (χ4v) is 2.27. The summed E-state index contributed by atoms with van der Waals surface area (Å²) in [6.07, 6.45) is 1.77. The fraction of sp³-hybridized carbons (Fsp3) is 0.933. The Kier molecular flexibility index (Phi) is 8.26. The Morgan fingerprint density at radius 3 is 2.37 bits per heavy atom. The van der Waals surface area contributed by atoms with Crippen LogP contribution in [0.2, 0.25) is 0 Å². The molecule has 0 aromatic rings. The molecule has 2 atom stereocenters. The molecule has 0 aliphatic heterocycles. The van der Waals surface area contributed by atoms with E-state index in [-0.39, 0.29) is 5.97 Å². The molecule has 0 saturated carbocycles. The SMILES string of the molecule is CCNC(C)(CCCN(C)C(C)C(C)C)C(=O)OC. The molecule has 19 heavy (non-hydrogen) atoms. The minimum atomic E-state index is -0.564. The Bertz CT molecular complexity index is 269. The van der Waals surface area contributed by atoms with Gasteiger partial charge in [-0.3, -0.25) is 4.79 Å². The maximum absolute atomic E-state index is 11.8. The summed E-state index contributed by atoms with van der Waals surface area (Å²) in [5, 5.41) is 3.24. The molecular weight excluding hydrogens is 240 g/mol. The van der Waals surface area contributed by atoms with E-state index in [0.29, 0.717) is 12.0 Å². The molecule has 2 unspecified atom stereocenters. The van der Waals surface area contributed by atoms with Crippen molar-refractivity contribution in [3.63, 3.8) is 0 Å². The van der Waals surface area contributed by atoms with Crippen LogP contribution in [0.3, 0.4) is 0 Å². The van der Waals surface area contributed by atoms with Gasteiger partial charge in [0.05, 0.1) is 7.11 Å². The third kappa shape index (κ3) is 5.91. The molecule has 0 radical (unpaired) electrons. The van der Waals surface area contributed by atoms with E-state index in [9.17, 15) is 4.79 Å². The number of hydrogen-bond acceptors (Lipinski definition) is 4. The number of rotatable bonds is 9. The normalized spacial score (nSPS) is 16.5. The minimum absolute atomic E-state index is 0.172. The quantitative estimate of drug-likeness (QED) is 0.654. The molecular formula is C15H32N2O2. The van der Waals surface area contributed by atoms with Crippen LogP contribution in [0.25, 0.3) is 0 Å². The van der Waals surface area contributed by atoms with E-state index in [1.807, 2.05) is 13.8 Å². The second-order valence-corrected chi connectivity index (χ2v) is 5.92. The molecule has 4 nitrogen and oxygen atoms in total. The van der Waals surface area contributed by atoms with E-state index in [2.05, 4.69) is 38.0 Å². The number of nitrogens with one attached hydrogen (secondary N) is 1. The van der Waals surface area contributed by atoms with Crippen molar-refractivity contribution in [2.24, 2.45) is 5.92 Å². The van der Waals surface area contributed by atoms with Gasteiger partial charge in [-0.2, -0.15) is 0 Å². The van der Waals surface area contributed by atoms with Crippen molar-refractivity contribution in [1.29, 1.82) is 0 Å². The number of methoxy groups -OCH3 is 1. The molecule has 0 rings (SSSR count). The summed E-state index contributed by atoms with van der Waals surface area (Å²) in [5.41, 5.74) is -0.564. The van der Waals surface area contributed by atoms with E-state index in [1.165, 1.54) is 7.11 Å². The van der Waals surface area contributed by atoms with E-state index < -0.39 is 5.54 Å². The highest BCUT2D eigenvalue weighted by Crippen LogP contribution is 2.16. The number of hydrogen-bond donors (Lipinski definition) is 1. The molecule has 1 N–H and O–H groups in total. The number of carbonyl (C=O) groups is 1. The average molecular weight is 272 g/mol. The lowest BCUT2D eigenvalue weighted by Crippen LogP contribution is -2.50. The van der Waals surface area contributed by atoms with Crippen LogP contribution in [-0.4, -0.2) is 49.7 Å². The van der Waals surface area contributed by atoms with Crippen LogP contribution in [0, 0.1) is 5.92 Å². The van der Waals surface area contributed by atoms with Gasteiger partial charge in [0.1, 0.15) is 5.54 Å². The van der Waals surface area contributed by atoms with Gasteiger partial charge in [-0.15, -0.1) is 0 Å². The third-order valence-corrected chi connectivity index (χ3v) is 4.05. The molecule has 4 heteroatoms. The summed E-state index contributed by atoms with van der Waals surface area (Å²) in [5.74, 6) is 0.472. The van der Waals surface area contributed by atoms with Gasteiger partial charge >= 0.3 is 5.97 Å². The molecule has 0 saturated heterocycles. The highest BCUT2D eigenvalue weighted by Gasteiger charge is 2.32. The van der Waals surface area contributed by atoms with Crippen molar-refractivity contribution >= 4 is 5.97 Å². The maximum atomic E-state index is 11.8. The van der Waals surface area contributed by atoms with Crippen molar-refractivity contribution < 1.29 is 9.53 Å². The first-order chi connectivity index (χ1) is 8.78. The van der Waals surface area contributed by atoms with Gasteiger partial charge in [0.2, 0.25) is 0 Å². The van der Waals surface area contributed by atoms with Crippen molar-refractivity contribution in [2.75, 3.05) is 27.2 Å². The second-order valence-electron chi connectivity index (χ2n) is 5.92. The molecule has 114 valence electrons. The van der Waals surface area contributed by atoms with Gasteiger partial charge in [-0.25, -0.2) is 0 Å². The summed E-state index contributed by atoms with van der Waals surface area (Å²) in [4.78, 5) is 14.2. The lowest BCUT2D eigenvalue weighted by atomic mass is 9.95. The first-order valence-corrected chi connectivity index (χ1v) is 7.32. The average Bonchev–Trinajstić information content (AvgIpc) is 2.36. The molecule has 0 bridgehead atoms. The van der Waals surface area contributed by atoms with Crippen LogP contribution in [0.4, 0.5) is 0 Å². The molecule has 0 amide bonds. The lowest BCUT2D eigenvalue weighted by molar-refractivity contribution is -0.148. The number of ether oxygens (including phenoxy) is 1. The standard InChI is InChI=1S/C15H32N2O2/c1-8-16-15(5,14(18)19-7)10-9-11-17(6)13(4)12(2)3/h12-13,16H,8-11H2,1-7H3. The van der Waals surface area contributed by atoms with E-state index >= 15 is 0 Å². The van der Waals surface area contributed by atoms with Crippen LogP contribution < -0.4 is 5.32 Å². The zero-order valence-corrected chi connectivity index (χ0v) is 13.7. The van der Waals surface area contributed by atoms with Crippen molar-refractivity contribution in [3.8, 4) is 0 Å². The molecule has 0 heterocycles. The number of nitrogens with zero attached hydrogens (tertiary/aromatic N) is 1. The largest absolute Gasteiger partial charge is 0.468 e. The first-order valence-electron chi connectivity index (χ1n) is 7.32. The highest BCUT2D eigenvalue weighted by molar-refractivity contribution is 5.80. The minimum Gasteiger partial charge on any atom is -0.468 e. The molecule has 0 aliphatic carbocycles. The van der Waals surface area contributed by atoms with Crippen LogP contribution in [0.1, 0.15) is 47.5 Å². The predicted molar refractivity (Wildman–Crippen MR) is 80.3 cm³/mol. The van der Waals surface area contributed by atoms with Crippen LogP contribution in [0.15, 0.2) is 0 Å². The van der Waals surface area contributed by atoms with Gasteiger partial charge < -0.3 is 15.0 Å². The van der Waals surface area contributed by atoms with E-state index in [0.717, 1.165) is 25.9 Å². The molecule has 0 aliphatic rings. The van der Waals surface area contributed by atoms with E-state index in [1.54, 1.807) is 0 Å². The molecule has 0 spiro atoms. The summed E-state index contributed by atoms with van der Waals surface area (Å²) in [6, 6.07) is 0.559. The fourth-order valence-electron chi connectivity index (χ4n) is 2.27. The van der Waals surface area contributed by atoms with Gasteiger partial charge in [-0.05, 0) is 52.7 Å². The topological polar surface area (TPSA) is 41.6 Å². The van der Waals surface area contributed by atoms with Gasteiger partial charge in [0.15, 0.2) is 0 Å². The van der Waals surface area contributed by atoms with Crippen molar-refractivity contribution in [2.45, 2.75) is 59.0 Å². The third-order valence-electron chi connectivity index (χ3n) is 4.05. The highest BCUT2D eigenvalue weighted by atomic mass is 16.5. The van der Waals surface area contributed by atoms with E-state index in [4.69, 9.17) is 4.74 Å². The number of likely N-dealkylation sites (N-methyl/N-ethyl adjacent to an activating group) is 1. The smallest absolute Gasteiger partial charge is 0.325 e. The van der Waals surface area contributed by atoms with Gasteiger partial charge in [-0.1, -0.05) is 20.8 Å². The van der Waals surface area contributed by atoms with Crippen molar-refractivity contribution in [1.82, 2.24) is 10.2 Å². The number of carbonyl (C=O) groups excluding carboxylic acids is 1. The molecule has 0 aromatic heterocycles. The maximum Gasteiger partial charge on any atom is 0.325 e. The van der Waals surface area contributed by atoms with Crippen LogP contribution in [0.5, 0.6) is 0 Å². The lowest BCUT2D eigenvalue weighted by Gasteiger charge is -2.31. The van der Waals surface area contributed by atoms with Gasteiger partial charge in [0.25, 0.3) is 0 Å². The van der Waals surface area contributed by atoms with Gasteiger partial charge in [0, 0.05) is 6.04 Å². The van der Waals surface area contributed by atoms with Crippen LogP contribution in [-0.2, 0) is 9.53 Å². The Morgan fingerprint density at radius 2 is 1.95 bits per heavy atom. The summed E-state index contributed by atoms with van der Waals surface area (Å²) in [7, 11) is 3.60. The van der Waals surface area contributed by atoms with Crippen molar-refractivity contribution in [3.05, 3.63) is 0 Å². The van der Waals surface area contributed by atoms with Crippen LogP contribution >= 0.6 is 0 Å². The predicted octanol–water partition coefficient (Wildman–Crippen LogP) is 2.28. The first kappa shape index (κ1) is 18.4. The molecule has 0 aromatic carbocycles. The Hall–Kier alpha value is -0.610. The Balaban J connectivity index is 4.31.